The van der Waals surface area contributed by atoms with E-state index in [1.807, 2.05) is 0 Å². The highest BCUT2D eigenvalue weighted by Gasteiger charge is 2.40. The molecule has 0 aromatic carbocycles. The van der Waals surface area contributed by atoms with Crippen LogP contribution in [0.2, 0.25) is 0 Å². The lowest BCUT2D eigenvalue weighted by Gasteiger charge is -2.21. The van der Waals surface area contributed by atoms with E-state index in [1.54, 1.807) is 0 Å². The average molecular weight is 320 g/mol. The number of nitrogens with one attached hydrogen (secondary N) is 1. The fourth-order valence-electron chi connectivity index (χ4n) is 2.32. The van der Waals surface area contributed by atoms with Crippen molar-refractivity contribution in [2.24, 2.45) is 5.10 Å². The van der Waals surface area contributed by atoms with E-state index in [2.05, 4.69) is 10.4 Å². The molecule has 0 aromatic heterocycles. The van der Waals surface area contributed by atoms with Crippen molar-refractivity contribution in [2.45, 2.75) is 31.5 Å². The number of nitrogens with zero attached hydrogens (tertiary/aromatic N) is 3. The number of carbonyl (C=O) groups is 3. The lowest BCUT2D eigenvalue weighted by Crippen LogP contribution is -2.47. The van der Waals surface area contributed by atoms with E-state index in [-0.39, 0.29) is 37.4 Å². The van der Waals surface area contributed by atoms with Crippen LogP contribution in [0.1, 0.15) is 19.3 Å². The van der Waals surface area contributed by atoms with Gasteiger partial charge in [0.25, 0.3) is 5.91 Å². The lowest BCUT2D eigenvalue weighted by molar-refractivity contribution is -0.158. The number of hydrogen-bond donors (Lipinski definition) is 1. The van der Waals surface area contributed by atoms with Crippen molar-refractivity contribution in [3.8, 4) is 0 Å². The smallest absolute Gasteiger partial charge is 0.339 e. The van der Waals surface area contributed by atoms with Crippen LogP contribution in [0.3, 0.4) is 0 Å². The van der Waals surface area contributed by atoms with Crippen molar-refractivity contribution < 1.29 is 27.6 Å². The fraction of sp³-hybridized carbons (Fsp3) is 0.667. The van der Waals surface area contributed by atoms with Gasteiger partial charge >= 0.3 is 6.18 Å². The Morgan fingerprint density at radius 1 is 1.36 bits per heavy atom. The molecule has 1 N–H and O–H groups in total. The van der Waals surface area contributed by atoms with Gasteiger partial charge in [0.05, 0.1) is 0 Å². The minimum absolute atomic E-state index is 0.0614. The monoisotopic (exact) mass is 320 g/mol. The van der Waals surface area contributed by atoms with Gasteiger partial charge in [0.2, 0.25) is 11.8 Å². The Labute approximate surface area is 124 Å². The summed E-state index contributed by atoms with van der Waals surface area (Å²) in [6.07, 6.45) is -4.09. The lowest BCUT2D eigenvalue weighted by atomic mass is 10.1. The summed E-state index contributed by atoms with van der Waals surface area (Å²) in [5.41, 5.74) is 0.0872. The van der Waals surface area contributed by atoms with E-state index in [1.165, 1.54) is 7.05 Å². The third-order valence-electron chi connectivity index (χ3n) is 3.44. The molecule has 0 spiro atoms. The third-order valence-corrected chi connectivity index (χ3v) is 3.44. The maximum atomic E-state index is 12.3. The molecule has 0 saturated carbocycles. The zero-order valence-corrected chi connectivity index (χ0v) is 11.8. The first-order valence-electron chi connectivity index (χ1n) is 6.68. The summed E-state index contributed by atoms with van der Waals surface area (Å²) in [4.78, 5) is 35.7. The second-order valence-corrected chi connectivity index (χ2v) is 5.15. The predicted molar refractivity (Wildman–Crippen MR) is 68.6 cm³/mol. The maximum absolute atomic E-state index is 12.3. The van der Waals surface area contributed by atoms with Gasteiger partial charge in [-0.3, -0.25) is 14.4 Å². The highest BCUT2D eigenvalue weighted by molar-refractivity contribution is 6.39. The van der Waals surface area contributed by atoms with E-state index in [0.717, 1.165) is 5.01 Å². The summed E-state index contributed by atoms with van der Waals surface area (Å²) in [6.45, 7) is -1.38. The SMILES string of the molecule is CN1N=C(C(=O)NC2CCN(CC(F)(F)F)C2=O)CCC1=O. The van der Waals surface area contributed by atoms with E-state index in [4.69, 9.17) is 0 Å². The van der Waals surface area contributed by atoms with Gasteiger partial charge in [-0.1, -0.05) is 0 Å². The van der Waals surface area contributed by atoms with Crippen LogP contribution in [-0.2, 0) is 14.4 Å². The van der Waals surface area contributed by atoms with E-state index >= 15 is 0 Å². The number of hydrazone groups is 1. The number of likely N-dealkylation sites (tertiary alicyclic amines) is 1. The Bertz CT molecular complexity index is 532. The molecule has 0 aromatic rings. The molecule has 3 amide bonds. The largest absolute Gasteiger partial charge is 0.406 e. The highest BCUT2D eigenvalue weighted by atomic mass is 19.4. The Hall–Kier alpha value is -2.13. The van der Waals surface area contributed by atoms with Gasteiger partial charge in [0.1, 0.15) is 18.3 Å². The summed E-state index contributed by atoms with van der Waals surface area (Å²) in [5, 5.41) is 7.21. The molecule has 1 atom stereocenters. The minimum Gasteiger partial charge on any atom is -0.339 e. The third kappa shape index (κ3) is 3.74. The van der Waals surface area contributed by atoms with Crippen LogP contribution in [0, 0.1) is 0 Å². The summed E-state index contributed by atoms with van der Waals surface area (Å²) < 4.78 is 36.9. The molecule has 0 aliphatic carbocycles. The summed E-state index contributed by atoms with van der Waals surface area (Å²) >= 11 is 0. The van der Waals surface area contributed by atoms with Crippen LogP contribution in [-0.4, -0.2) is 65.7 Å². The zero-order chi connectivity index (χ0) is 16.5. The number of carbonyl (C=O) groups excluding carboxylic acids is 3. The van der Waals surface area contributed by atoms with Crippen molar-refractivity contribution in [3.63, 3.8) is 0 Å². The van der Waals surface area contributed by atoms with Crippen LogP contribution in [0.4, 0.5) is 13.2 Å². The van der Waals surface area contributed by atoms with Crippen LogP contribution >= 0.6 is 0 Å². The van der Waals surface area contributed by atoms with Gasteiger partial charge in [0.15, 0.2) is 0 Å². The van der Waals surface area contributed by atoms with Gasteiger partial charge in [-0.25, -0.2) is 5.01 Å². The first-order chi connectivity index (χ1) is 10.2. The molecule has 1 fully saturated rings. The molecule has 2 heterocycles. The Morgan fingerprint density at radius 3 is 2.64 bits per heavy atom. The molecule has 1 saturated heterocycles. The molecule has 1 unspecified atom stereocenters. The molecule has 0 bridgehead atoms. The van der Waals surface area contributed by atoms with Crippen LogP contribution in [0.25, 0.3) is 0 Å². The average Bonchev–Trinajstić information content (AvgIpc) is 2.73. The molecule has 7 nitrogen and oxygen atoms in total. The molecular formula is C12H15F3N4O3. The zero-order valence-electron chi connectivity index (χ0n) is 11.8. The van der Waals surface area contributed by atoms with Crippen molar-refractivity contribution >= 4 is 23.4 Å². The van der Waals surface area contributed by atoms with Gasteiger partial charge in [-0.05, 0) is 6.42 Å². The quantitative estimate of drug-likeness (QED) is 0.787. The Balaban J connectivity index is 1.95. The number of rotatable bonds is 3. The molecular weight excluding hydrogens is 305 g/mol. The van der Waals surface area contributed by atoms with Gasteiger partial charge < -0.3 is 10.2 Å². The van der Waals surface area contributed by atoms with E-state index in [0.29, 0.717) is 4.90 Å². The normalized spacial score (nSPS) is 22.9. The Morgan fingerprint density at radius 2 is 2.05 bits per heavy atom. The summed E-state index contributed by atoms with van der Waals surface area (Å²) in [5.74, 6) is -1.62. The second kappa shape index (κ2) is 5.93. The first kappa shape index (κ1) is 16.2. The van der Waals surface area contributed by atoms with Crippen molar-refractivity contribution in [2.75, 3.05) is 20.1 Å². The van der Waals surface area contributed by atoms with Crippen molar-refractivity contribution in [1.82, 2.24) is 15.2 Å². The molecule has 2 aliphatic heterocycles. The molecule has 10 heteroatoms. The second-order valence-electron chi connectivity index (χ2n) is 5.15. The summed E-state index contributed by atoms with van der Waals surface area (Å²) in [6, 6.07) is -0.986. The van der Waals surface area contributed by atoms with Gasteiger partial charge in [-0.2, -0.15) is 18.3 Å². The van der Waals surface area contributed by atoms with Crippen LogP contribution in [0.5, 0.6) is 0 Å². The number of halogens is 3. The molecule has 2 rings (SSSR count). The number of alkyl halides is 3. The standard InChI is InChI=1S/C12H15F3N4O3/c1-18-9(20)3-2-7(17-18)10(21)16-8-4-5-19(11(8)22)6-12(13,14)15/h8H,2-6H2,1H3,(H,16,21). The summed E-state index contributed by atoms with van der Waals surface area (Å²) in [7, 11) is 1.40. The molecule has 22 heavy (non-hydrogen) atoms. The minimum atomic E-state index is -4.47. The first-order valence-corrected chi connectivity index (χ1v) is 6.68. The maximum Gasteiger partial charge on any atom is 0.406 e. The topological polar surface area (TPSA) is 82.1 Å². The van der Waals surface area contributed by atoms with Crippen molar-refractivity contribution in [3.05, 3.63) is 0 Å². The van der Waals surface area contributed by atoms with Gasteiger partial charge in [-0.15, -0.1) is 0 Å². The van der Waals surface area contributed by atoms with Crippen LogP contribution in [0.15, 0.2) is 5.10 Å². The fourth-order valence-corrected chi connectivity index (χ4v) is 2.32. The molecule has 2 aliphatic rings. The molecule has 0 radical (unpaired) electrons. The molecule has 122 valence electrons. The predicted octanol–water partition coefficient (Wildman–Crippen LogP) is -0.126. The number of hydrogen-bond acceptors (Lipinski definition) is 4. The van der Waals surface area contributed by atoms with Crippen molar-refractivity contribution in [1.29, 1.82) is 0 Å². The Kier molecular flexibility index (Phi) is 4.38. The van der Waals surface area contributed by atoms with E-state index < -0.39 is 30.6 Å². The number of amides is 3. The van der Waals surface area contributed by atoms with Gasteiger partial charge in [0, 0.05) is 26.4 Å². The van der Waals surface area contributed by atoms with E-state index in [9.17, 15) is 27.6 Å². The van der Waals surface area contributed by atoms with Crippen LogP contribution < -0.4 is 5.32 Å². The highest BCUT2D eigenvalue weighted by Crippen LogP contribution is 2.21.